The first kappa shape index (κ1) is 16.0. The summed E-state index contributed by atoms with van der Waals surface area (Å²) >= 11 is 0. The van der Waals surface area contributed by atoms with Gasteiger partial charge in [0.25, 0.3) is 0 Å². The minimum absolute atomic E-state index is 0.160. The fourth-order valence-electron chi connectivity index (χ4n) is 3.03. The largest absolute Gasteiger partial charge is 0.339 e. The van der Waals surface area contributed by atoms with Crippen molar-refractivity contribution in [2.75, 3.05) is 0 Å². The third-order valence-corrected chi connectivity index (χ3v) is 4.36. The van der Waals surface area contributed by atoms with Gasteiger partial charge in [-0.05, 0) is 12.8 Å². The molecule has 8 heteroatoms. The Morgan fingerprint density at radius 1 is 1.35 bits per heavy atom. The van der Waals surface area contributed by atoms with Crippen molar-refractivity contribution in [1.82, 2.24) is 25.0 Å². The van der Waals surface area contributed by atoms with E-state index in [4.69, 9.17) is 4.52 Å². The van der Waals surface area contributed by atoms with Gasteiger partial charge in [0.15, 0.2) is 5.82 Å². The highest BCUT2D eigenvalue weighted by atomic mass is 19.3. The molecule has 0 atom stereocenters. The van der Waals surface area contributed by atoms with Crippen molar-refractivity contribution in [3.05, 3.63) is 29.9 Å². The van der Waals surface area contributed by atoms with E-state index in [0.717, 1.165) is 30.3 Å². The van der Waals surface area contributed by atoms with Gasteiger partial charge in [0.2, 0.25) is 5.89 Å². The Morgan fingerprint density at radius 2 is 2.09 bits per heavy atom. The molecule has 6 nitrogen and oxygen atoms in total. The summed E-state index contributed by atoms with van der Waals surface area (Å²) in [6.07, 6.45) is 6.48. The van der Waals surface area contributed by atoms with Crippen molar-refractivity contribution >= 4 is 0 Å². The molecule has 0 bridgehead atoms. The molecule has 2 aromatic rings. The maximum atomic E-state index is 12.9. The van der Waals surface area contributed by atoms with E-state index in [9.17, 15) is 8.78 Å². The summed E-state index contributed by atoms with van der Waals surface area (Å²) in [6, 6.07) is 0. The molecule has 0 spiro atoms. The summed E-state index contributed by atoms with van der Waals surface area (Å²) < 4.78 is 32.0. The van der Waals surface area contributed by atoms with Gasteiger partial charge in [-0.1, -0.05) is 31.8 Å². The first-order chi connectivity index (χ1) is 11.0. The molecular formula is C15H21F2N5O. The fourth-order valence-corrected chi connectivity index (χ4v) is 3.03. The zero-order valence-corrected chi connectivity index (χ0v) is 13.3. The maximum Gasteiger partial charge on any atom is 0.319 e. The smallest absolute Gasteiger partial charge is 0.319 e. The molecule has 3 rings (SSSR count). The van der Waals surface area contributed by atoms with Crippen LogP contribution in [0.25, 0.3) is 0 Å². The average molecular weight is 325 g/mol. The number of aromatic nitrogens is 4. The molecule has 1 aliphatic carbocycles. The van der Waals surface area contributed by atoms with Crippen molar-refractivity contribution in [3.63, 3.8) is 0 Å². The van der Waals surface area contributed by atoms with E-state index in [-0.39, 0.29) is 12.5 Å². The normalized spacial score (nSPS) is 17.5. The van der Waals surface area contributed by atoms with Gasteiger partial charge >= 0.3 is 6.55 Å². The Labute approximate surface area is 133 Å². The lowest BCUT2D eigenvalue weighted by Gasteiger charge is -2.26. The van der Waals surface area contributed by atoms with Crippen molar-refractivity contribution in [2.45, 2.75) is 64.1 Å². The van der Waals surface area contributed by atoms with Crippen molar-refractivity contribution in [1.29, 1.82) is 0 Å². The van der Waals surface area contributed by atoms with Gasteiger partial charge in [-0.3, -0.25) is 9.88 Å². The lowest BCUT2D eigenvalue weighted by molar-refractivity contribution is 0.0660. The van der Waals surface area contributed by atoms with Crippen LogP contribution in [0.3, 0.4) is 0 Å². The molecule has 0 aromatic carbocycles. The first-order valence-corrected chi connectivity index (χ1v) is 7.91. The van der Waals surface area contributed by atoms with Crippen LogP contribution in [-0.4, -0.2) is 19.7 Å². The standard InChI is InChI=1S/C15H21F2N5O/c1-10(2)12-20-13(21-23-12)15(5-3-4-6-15)19-9-11-18-7-8-22(11)14(16)17/h7-8,10,14,19H,3-6,9H2,1-2H3. The predicted molar refractivity (Wildman–Crippen MR) is 78.9 cm³/mol. The van der Waals surface area contributed by atoms with E-state index in [1.807, 2.05) is 13.8 Å². The lowest BCUT2D eigenvalue weighted by atomic mass is 9.96. The van der Waals surface area contributed by atoms with Crippen LogP contribution in [0.4, 0.5) is 8.78 Å². The molecule has 2 heterocycles. The van der Waals surface area contributed by atoms with E-state index in [1.54, 1.807) is 0 Å². The Kier molecular flexibility index (Phi) is 4.43. The van der Waals surface area contributed by atoms with Crippen molar-refractivity contribution in [2.24, 2.45) is 0 Å². The Bertz CT molecular complexity index is 646. The third kappa shape index (κ3) is 3.12. The van der Waals surface area contributed by atoms with Crippen molar-refractivity contribution in [3.8, 4) is 0 Å². The zero-order chi connectivity index (χ0) is 16.4. The molecule has 1 fully saturated rings. The minimum Gasteiger partial charge on any atom is -0.339 e. The van der Waals surface area contributed by atoms with E-state index in [1.165, 1.54) is 12.4 Å². The SMILES string of the molecule is CC(C)c1nc(C2(NCc3nccn3C(F)F)CCCC2)no1. The Morgan fingerprint density at radius 3 is 2.70 bits per heavy atom. The molecule has 0 radical (unpaired) electrons. The van der Waals surface area contributed by atoms with Gasteiger partial charge in [-0.15, -0.1) is 0 Å². The number of nitrogens with zero attached hydrogens (tertiary/aromatic N) is 4. The van der Waals surface area contributed by atoms with Crippen LogP contribution in [0.5, 0.6) is 0 Å². The van der Waals surface area contributed by atoms with Crippen LogP contribution in [0.2, 0.25) is 0 Å². The minimum atomic E-state index is -2.59. The van der Waals surface area contributed by atoms with Crippen LogP contribution in [-0.2, 0) is 12.1 Å². The van der Waals surface area contributed by atoms with Crippen molar-refractivity contribution < 1.29 is 13.3 Å². The predicted octanol–water partition coefficient (Wildman–Crippen LogP) is 3.34. The Hall–Kier alpha value is -1.83. The average Bonchev–Trinajstić information content (AvgIpc) is 3.24. The van der Waals surface area contributed by atoms with Crippen LogP contribution >= 0.6 is 0 Å². The lowest BCUT2D eigenvalue weighted by Crippen LogP contribution is -2.41. The number of hydrogen-bond acceptors (Lipinski definition) is 5. The number of alkyl halides is 2. The van der Waals surface area contributed by atoms with Gasteiger partial charge < -0.3 is 4.52 Å². The van der Waals surface area contributed by atoms with E-state index >= 15 is 0 Å². The summed E-state index contributed by atoms with van der Waals surface area (Å²) in [4.78, 5) is 8.52. The molecule has 0 unspecified atom stereocenters. The molecule has 0 saturated heterocycles. The van der Waals surface area contributed by atoms with Gasteiger partial charge in [0.05, 0.1) is 12.1 Å². The molecule has 126 valence electrons. The summed E-state index contributed by atoms with van der Waals surface area (Å²) in [6.45, 7) is 1.63. The number of nitrogens with one attached hydrogen (secondary N) is 1. The summed E-state index contributed by atoms with van der Waals surface area (Å²) in [5.74, 6) is 1.68. The molecule has 2 aromatic heterocycles. The molecule has 23 heavy (non-hydrogen) atoms. The van der Waals surface area contributed by atoms with Gasteiger partial charge in [0, 0.05) is 18.3 Å². The first-order valence-electron chi connectivity index (χ1n) is 7.91. The van der Waals surface area contributed by atoms with E-state index in [2.05, 4.69) is 20.4 Å². The molecular weight excluding hydrogens is 304 g/mol. The quantitative estimate of drug-likeness (QED) is 0.882. The summed E-state index contributed by atoms with van der Waals surface area (Å²) in [7, 11) is 0. The zero-order valence-electron chi connectivity index (χ0n) is 13.3. The maximum absolute atomic E-state index is 12.9. The number of halogens is 2. The Balaban J connectivity index is 1.79. The second kappa shape index (κ2) is 6.35. The highest BCUT2D eigenvalue weighted by Gasteiger charge is 2.40. The second-order valence-electron chi connectivity index (χ2n) is 6.28. The molecule has 0 amide bonds. The van der Waals surface area contributed by atoms with Crippen LogP contribution in [0.15, 0.2) is 16.9 Å². The van der Waals surface area contributed by atoms with Crippen LogP contribution in [0.1, 0.15) is 69.5 Å². The summed E-state index contributed by atoms with van der Waals surface area (Å²) in [5, 5.41) is 7.48. The fraction of sp³-hybridized carbons (Fsp3) is 0.667. The second-order valence-corrected chi connectivity index (χ2v) is 6.28. The molecule has 0 aliphatic heterocycles. The molecule has 1 saturated carbocycles. The topological polar surface area (TPSA) is 68.8 Å². The van der Waals surface area contributed by atoms with Crippen LogP contribution < -0.4 is 5.32 Å². The summed E-state index contributed by atoms with van der Waals surface area (Å²) in [5.41, 5.74) is -0.421. The van der Waals surface area contributed by atoms with E-state index < -0.39 is 12.1 Å². The van der Waals surface area contributed by atoms with Gasteiger partial charge in [-0.25, -0.2) is 4.98 Å². The van der Waals surface area contributed by atoms with Gasteiger partial charge in [-0.2, -0.15) is 13.8 Å². The highest BCUT2D eigenvalue weighted by molar-refractivity contribution is 5.10. The third-order valence-electron chi connectivity index (χ3n) is 4.36. The number of hydrogen-bond donors (Lipinski definition) is 1. The highest BCUT2D eigenvalue weighted by Crippen LogP contribution is 2.38. The van der Waals surface area contributed by atoms with Gasteiger partial charge in [0.1, 0.15) is 5.82 Å². The molecule has 1 aliphatic rings. The monoisotopic (exact) mass is 325 g/mol. The van der Waals surface area contributed by atoms with E-state index in [0.29, 0.717) is 17.5 Å². The van der Waals surface area contributed by atoms with Crippen LogP contribution in [0, 0.1) is 0 Å². The number of rotatable bonds is 6. The molecule has 1 N–H and O–H groups in total. The number of imidazole rings is 1.